The largest absolute Gasteiger partial charge is 0.381 e. The maximum absolute atomic E-state index is 12.3. The van der Waals surface area contributed by atoms with Crippen LogP contribution in [0.5, 0.6) is 0 Å². The molecule has 1 fully saturated rings. The molecule has 23 heavy (non-hydrogen) atoms. The minimum atomic E-state index is -0.500. The Morgan fingerprint density at radius 3 is 2.35 bits per heavy atom. The van der Waals surface area contributed by atoms with E-state index >= 15 is 0 Å². The van der Waals surface area contributed by atoms with Crippen LogP contribution < -0.4 is 11.1 Å². The number of carbonyl (C=O) groups is 1. The highest BCUT2D eigenvalue weighted by atomic mass is 35.5. The third kappa shape index (κ3) is 4.93. The van der Waals surface area contributed by atoms with Crippen molar-refractivity contribution in [3.05, 3.63) is 35.9 Å². The molecule has 1 atom stereocenters. The van der Waals surface area contributed by atoms with Crippen molar-refractivity contribution in [3.63, 3.8) is 0 Å². The van der Waals surface area contributed by atoms with Gasteiger partial charge in [-0.05, 0) is 23.8 Å². The Hall–Kier alpha value is -1.10. The van der Waals surface area contributed by atoms with Crippen LogP contribution in [0, 0.1) is 5.41 Å². The number of hydrogen-bond donors (Lipinski definition) is 2. The van der Waals surface area contributed by atoms with Gasteiger partial charge in [-0.2, -0.15) is 0 Å². The lowest BCUT2D eigenvalue weighted by molar-refractivity contribution is -0.125. The average molecular weight is 341 g/mol. The molecule has 4 nitrogen and oxygen atoms in total. The molecule has 0 aliphatic carbocycles. The van der Waals surface area contributed by atoms with Crippen molar-refractivity contribution >= 4 is 18.3 Å². The predicted octanol–water partition coefficient (Wildman–Crippen LogP) is 2.65. The Labute approximate surface area is 145 Å². The molecule has 1 heterocycles. The van der Waals surface area contributed by atoms with Crippen LogP contribution in [0.1, 0.15) is 39.2 Å². The first-order chi connectivity index (χ1) is 10.4. The SMILES string of the molecule is CC(C)(C)[C@H](N)C(=O)NCC1(c2ccccc2)CCOCC1.Cl. The van der Waals surface area contributed by atoms with Gasteiger partial charge in [0.2, 0.25) is 5.91 Å². The molecule has 0 radical (unpaired) electrons. The fourth-order valence-corrected chi connectivity index (χ4v) is 2.88. The fourth-order valence-electron chi connectivity index (χ4n) is 2.88. The van der Waals surface area contributed by atoms with Gasteiger partial charge in [-0.1, -0.05) is 51.1 Å². The molecule has 1 aromatic rings. The number of nitrogens with one attached hydrogen (secondary N) is 1. The molecule has 0 bridgehead atoms. The third-order valence-electron chi connectivity index (χ3n) is 4.65. The Kier molecular flexibility index (Phi) is 7.05. The van der Waals surface area contributed by atoms with E-state index in [1.807, 2.05) is 26.8 Å². The van der Waals surface area contributed by atoms with Crippen LogP contribution in [0.2, 0.25) is 0 Å². The van der Waals surface area contributed by atoms with E-state index in [1.54, 1.807) is 0 Å². The predicted molar refractivity (Wildman–Crippen MR) is 95.9 cm³/mol. The zero-order valence-electron chi connectivity index (χ0n) is 14.3. The van der Waals surface area contributed by atoms with Crippen LogP contribution in [0.3, 0.4) is 0 Å². The van der Waals surface area contributed by atoms with Crippen molar-refractivity contribution in [2.75, 3.05) is 19.8 Å². The van der Waals surface area contributed by atoms with Gasteiger partial charge in [-0.25, -0.2) is 0 Å². The first-order valence-electron chi connectivity index (χ1n) is 8.02. The summed E-state index contributed by atoms with van der Waals surface area (Å²) in [5, 5.41) is 3.08. The van der Waals surface area contributed by atoms with E-state index in [1.165, 1.54) is 5.56 Å². The molecule has 0 spiro atoms. The summed E-state index contributed by atoms with van der Waals surface area (Å²) >= 11 is 0. The van der Waals surface area contributed by atoms with E-state index in [0.29, 0.717) is 6.54 Å². The monoisotopic (exact) mass is 340 g/mol. The highest BCUT2D eigenvalue weighted by molar-refractivity contribution is 5.85. The molecule has 1 aromatic carbocycles. The summed E-state index contributed by atoms with van der Waals surface area (Å²) in [5.41, 5.74) is 7.04. The molecule has 0 saturated carbocycles. The van der Waals surface area contributed by atoms with Gasteiger partial charge in [0.1, 0.15) is 0 Å². The zero-order chi connectivity index (χ0) is 16.2. The van der Waals surface area contributed by atoms with E-state index < -0.39 is 6.04 Å². The molecule has 2 rings (SSSR count). The molecular weight excluding hydrogens is 312 g/mol. The second-order valence-electron chi connectivity index (χ2n) is 7.32. The Balaban J connectivity index is 0.00000264. The van der Waals surface area contributed by atoms with Crippen LogP contribution in [0.4, 0.5) is 0 Å². The van der Waals surface area contributed by atoms with E-state index in [4.69, 9.17) is 10.5 Å². The van der Waals surface area contributed by atoms with Crippen molar-refractivity contribution < 1.29 is 9.53 Å². The van der Waals surface area contributed by atoms with Gasteiger partial charge in [0.15, 0.2) is 0 Å². The minimum Gasteiger partial charge on any atom is -0.381 e. The molecule has 1 aliphatic rings. The smallest absolute Gasteiger partial charge is 0.237 e. The molecule has 1 amide bonds. The van der Waals surface area contributed by atoms with Crippen LogP contribution in [0.25, 0.3) is 0 Å². The molecule has 5 heteroatoms. The normalized spacial score (nSPS) is 18.6. The number of benzene rings is 1. The molecular formula is C18H29ClN2O2. The highest BCUT2D eigenvalue weighted by Crippen LogP contribution is 2.34. The third-order valence-corrected chi connectivity index (χ3v) is 4.65. The number of halogens is 1. The van der Waals surface area contributed by atoms with Gasteiger partial charge in [-0.3, -0.25) is 4.79 Å². The zero-order valence-corrected chi connectivity index (χ0v) is 15.1. The van der Waals surface area contributed by atoms with Crippen LogP contribution in [-0.4, -0.2) is 31.7 Å². The minimum absolute atomic E-state index is 0. The number of hydrogen-bond acceptors (Lipinski definition) is 3. The van der Waals surface area contributed by atoms with Crippen molar-refractivity contribution in [2.45, 2.75) is 45.1 Å². The number of carbonyl (C=O) groups excluding carboxylic acids is 1. The van der Waals surface area contributed by atoms with Crippen molar-refractivity contribution in [3.8, 4) is 0 Å². The quantitative estimate of drug-likeness (QED) is 0.885. The Morgan fingerprint density at radius 2 is 1.83 bits per heavy atom. The summed E-state index contributed by atoms with van der Waals surface area (Å²) < 4.78 is 5.52. The topological polar surface area (TPSA) is 64.4 Å². The van der Waals surface area contributed by atoms with Crippen molar-refractivity contribution in [1.82, 2.24) is 5.32 Å². The maximum Gasteiger partial charge on any atom is 0.237 e. The lowest BCUT2D eigenvalue weighted by atomic mass is 9.74. The van der Waals surface area contributed by atoms with E-state index in [9.17, 15) is 4.79 Å². The number of ether oxygens (including phenoxy) is 1. The van der Waals surface area contributed by atoms with Crippen molar-refractivity contribution in [2.24, 2.45) is 11.1 Å². The van der Waals surface area contributed by atoms with Crippen LogP contribution in [-0.2, 0) is 14.9 Å². The average Bonchev–Trinajstić information content (AvgIpc) is 2.53. The Morgan fingerprint density at radius 1 is 1.26 bits per heavy atom. The number of nitrogens with two attached hydrogens (primary N) is 1. The van der Waals surface area contributed by atoms with Crippen LogP contribution >= 0.6 is 12.4 Å². The molecule has 1 aliphatic heterocycles. The summed E-state index contributed by atoms with van der Waals surface area (Å²) in [7, 11) is 0. The first kappa shape index (κ1) is 19.9. The summed E-state index contributed by atoms with van der Waals surface area (Å²) in [6.07, 6.45) is 1.84. The molecule has 1 saturated heterocycles. The molecule has 3 N–H and O–H groups in total. The van der Waals surface area contributed by atoms with Crippen LogP contribution in [0.15, 0.2) is 30.3 Å². The summed E-state index contributed by atoms with van der Waals surface area (Å²) in [4.78, 5) is 12.3. The molecule has 0 unspecified atom stereocenters. The second-order valence-corrected chi connectivity index (χ2v) is 7.32. The lowest BCUT2D eigenvalue weighted by Gasteiger charge is -2.38. The summed E-state index contributed by atoms with van der Waals surface area (Å²) in [6.45, 7) is 8.03. The van der Waals surface area contributed by atoms with E-state index in [-0.39, 0.29) is 29.1 Å². The van der Waals surface area contributed by atoms with Gasteiger partial charge in [0.05, 0.1) is 6.04 Å². The Bertz CT molecular complexity index is 493. The highest BCUT2D eigenvalue weighted by Gasteiger charge is 2.36. The number of rotatable bonds is 4. The standard InChI is InChI=1S/C18H28N2O2.ClH/c1-17(2,3)15(19)16(21)20-13-18(9-11-22-12-10-18)14-7-5-4-6-8-14;/h4-8,15H,9-13,19H2,1-3H3,(H,20,21);1H/t15-;/m1./s1. The molecule has 0 aromatic heterocycles. The van der Waals surface area contributed by atoms with Gasteiger partial charge >= 0.3 is 0 Å². The summed E-state index contributed by atoms with van der Waals surface area (Å²) in [5.74, 6) is -0.0747. The van der Waals surface area contributed by atoms with E-state index in [0.717, 1.165) is 26.1 Å². The van der Waals surface area contributed by atoms with Gasteiger partial charge in [0, 0.05) is 25.2 Å². The first-order valence-corrected chi connectivity index (χ1v) is 8.02. The number of amides is 1. The second kappa shape index (κ2) is 8.13. The van der Waals surface area contributed by atoms with Gasteiger partial charge in [-0.15, -0.1) is 12.4 Å². The summed E-state index contributed by atoms with van der Waals surface area (Å²) in [6, 6.07) is 9.90. The lowest BCUT2D eigenvalue weighted by Crippen LogP contribution is -2.52. The maximum atomic E-state index is 12.3. The van der Waals surface area contributed by atoms with Crippen molar-refractivity contribution in [1.29, 1.82) is 0 Å². The molecule has 130 valence electrons. The van der Waals surface area contributed by atoms with E-state index in [2.05, 4.69) is 29.6 Å². The van der Waals surface area contributed by atoms with Gasteiger partial charge in [0.25, 0.3) is 0 Å². The fraction of sp³-hybridized carbons (Fsp3) is 0.611. The van der Waals surface area contributed by atoms with Gasteiger partial charge < -0.3 is 15.8 Å².